The lowest BCUT2D eigenvalue weighted by Gasteiger charge is -2.08. The minimum absolute atomic E-state index is 0.257. The Morgan fingerprint density at radius 2 is 1.57 bits per heavy atom. The molecule has 0 fully saturated rings. The summed E-state index contributed by atoms with van der Waals surface area (Å²) in [6.45, 7) is 0. The van der Waals surface area contributed by atoms with Crippen LogP contribution < -0.4 is 0 Å². The van der Waals surface area contributed by atoms with Gasteiger partial charge in [-0.1, -0.05) is 48.5 Å². The van der Waals surface area contributed by atoms with Gasteiger partial charge in [0.25, 0.3) is 0 Å². The summed E-state index contributed by atoms with van der Waals surface area (Å²) in [5.74, 6) is 0. The lowest BCUT2D eigenvalue weighted by molar-refractivity contribution is -0.410. The maximum absolute atomic E-state index is 11.4. The SMILES string of the molecule is O=[N+]([O-])C1=CC(c2ccccc2)=CS[S+]1c1ccccc1. The first-order valence-electron chi connectivity index (χ1n) is 6.34. The van der Waals surface area contributed by atoms with E-state index in [0.29, 0.717) is 0 Å². The van der Waals surface area contributed by atoms with Crippen molar-refractivity contribution in [3.63, 3.8) is 0 Å². The van der Waals surface area contributed by atoms with Gasteiger partial charge in [0.15, 0.2) is 4.90 Å². The van der Waals surface area contributed by atoms with Gasteiger partial charge in [-0.15, -0.1) is 0 Å². The summed E-state index contributed by atoms with van der Waals surface area (Å²) >= 11 is 0. The highest BCUT2D eigenvalue weighted by molar-refractivity contribution is 8.76. The molecule has 1 aliphatic rings. The van der Waals surface area contributed by atoms with Crippen molar-refractivity contribution in [2.75, 3.05) is 0 Å². The number of rotatable bonds is 3. The molecule has 0 saturated carbocycles. The van der Waals surface area contributed by atoms with Crippen LogP contribution in [0.25, 0.3) is 5.57 Å². The topological polar surface area (TPSA) is 43.1 Å². The van der Waals surface area contributed by atoms with Crippen LogP contribution >= 0.6 is 10.8 Å². The Morgan fingerprint density at radius 3 is 2.19 bits per heavy atom. The lowest BCUT2D eigenvalue weighted by Crippen LogP contribution is -2.12. The summed E-state index contributed by atoms with van der Waals surface area (Å²) in [6, 6.07) is 19.4. The molecule has 2 aromatic carbocycles. The van der Waals surface area contributed by atoms with Crippen LogP contribution in [0.2, 0.25) is 0 Å². The molecular formula is C16H12NO2S2+. The van der Waals surface area contributed by atoms with Crippen molar-refractivity contribution in [3.8, 4) is 0 Å². The van der Waals surface area contributed by atoms with Gasteiger partial charge < -0.3 is 0 Å². The summed E-state index contributed by atoms with van der Waals surface area (Å²) in [5, 5.41) is 13.7. The molecule has 0 radical (unpaired) electrons. The molecule has 1 heterocycles. The van der Waals surface area contributed by atoms with Crippen molar-refractivity contribution < 1.29 is 4.92 Å². The van der Waals surface area contributed by atoms with Crippen LogP contribution in [0.4, 0.5) is 0 Å². The van der Waals surface area contributed by atoms with Gasteiger partial charge in [-0.25, -0.2) is 0 Å². The van der Waals surface area contributed by atoms with E-state index in [1.54, 1.807) is 6.08 Å². The van der Waals surface area contributed by atoms with Gasteiger partial charge in [-0.05, 0) is 17.7 Å². The summed E-state index contributed by atoms with van der Waals surface area (Å²) in [4.78, 5) is 12.1. The van der Waals surface area contributed by atoms with Crippen LogP contribution in [0.15, 0.2) is 82.1 Å². The first-order valence-corrected chi connectivity index (χ1v) is 8.96. The number of nitro groups is 1. The molecule has 0 spiro atoms. The maximum atomic E-state index is 11.4. The van der Waals surface area contributed by atoms with Crippen LogP contribution in [-0.2, 0) is 9.93 Å². The van der Waals surface area contributed by atoms with E-state index in [-0.39, 0.29) is 9.95 Å². The Hall–Kier alpha value is -1.98. The van der Waals surface area contributed by atoms with Gasteiger partial charge in [0.1, 0.15) is 15.7 Å². The molecule has 0 saturated heterocycles. The number of hydrogen-bond donors (Lipinski definition) is 0. The average Bonchev–Trinajstić information content (AvgIpc) is 2.56. The third-order valence-corrected chi connectivity index (χ3v) is 6.83. The summed E-state index contributed by atoms with van der Waals surface area (Å²) in [5.41, 5.74) is 1.90. The van der Waals surface area contributed by atoms with E-state index in [9.17, 15) is 10.1 Å². The largest absolute Gasteiger partial charge is 0.461 e. The van der Waals surface area contributed by atoms with E-state index in [2.05, 4.69) is 0 Å². The van der Waals surface area contributed by atoms with Crippen LogP contribution in [0.3, 0.4) is 0 Å². The fraction of sp³-hybridized carbons (Fsp3) is 0. The smallest absolute Gasteiger partial charge is 0.255 e. The fourth-order valence-corrected chi connectivity index (χ4v) is 5.51. The zero-order valence-corrected chi connectivity index (χ0v) is 12.6. The third kappa shape index (κ3) is 3.04. The second kappa shape index (κ2) is 6.20. The Bertz CT molecular complexity index is 712. The van der Waals surface area contributed by atoms with Crippen LogP contribution in [0.5, 0.6) is 0 Å². The molecule has 104 valence electrons. The molecule has 0 N–H and O–H groups in total. The highest BCUT2D eigenvalue weighted by Crippen LogP contribution is 2.40. The van der Waals surface area contributed by atoms with Crippen LogP contribution in [-0.4, -0.2) is 4.92 Å². The molecule has 0 aliphatic carbocycles. The second-order valence-corrected chi connectivity index (χ2v) is 7.79. The van der Waals surface area contributed by atoms with Gasteiger partial charge in [0, 0.05) is 11.0 Å². The Labute approximate surface area is 129 Å². The second-order valence-electron chi connectivity index (χ2n) is 4.36. The van der Waals surface area contributed by atoms with Crippen molar-refractivity contribution in [1.82, 2.24) is 0 Å². The minimum Gasteiger partial charge on any atom is -0.255 e. The zero-order valence-electron chi connectivity index (χ0n) is 11.0. The van der Waals surface area contributed by atoms with Crippen molar-refractivity contribution in [2.45, 2.75) is 4.90 Å². The number of allylic oxidation sites excluding steroid dienone is 2. The molecule has 1 atom stereocenters. The van der Waals surface area contributed by atoms with E-state index in [1.165, 1.54) is 10.8 Å². The lowest BCUT2D eigenvalue weighted by atomic mass is 10.1. The molecule has 0 bridgehead atoms. The first kappa shape index (κ1) is 14.0. The monoisotopic (exact) mass is 314 g/mol. The molecule has 1 aliphatic heterocycles. The molecule has 3 rings (SSSR count). The molecular weight excluding hydrogens is 302 g/mol. The average molecular weight is 314 g/mol. The number of hydrogen-bond acceptors (Lipinski definition) is 3. The number of nitrogens with zero attached hydrogens (tertiary/aromatic N) is 1. The predicted molar refractivity (Wildman–Crippen MR) is 89.2 cm³/mol. The Balaban J connectivity index is 1.98. The molecule has 5 heteroatoms. The van der Waals surface area contributed by atoms with Crippen molar-refractivity contribution in [2.24, 2.45) is 0 Å². The van der Waals surface area contributed by atoms with Gasteiger partial charge in [-0.3, -0.25) is 10.1 Å². The van der Waals surface area contributed by atoms with Crippen LogP contribution in [0, 0.1) is 10.1 Å². The molecule has 21 heavy (non-hydrogen) atoms. The quantitative estimate of drug-likeness (QED) is 0.363. The van der Waals surface area contributed by atoms with Gasteiger partial charge in [0.2, 0.25) is 9.93 Å². The first-order chi connectivity index (χ1) is 10.3. The van der Waals surface area contributed by atoms with E-state index < -0.39 is 9.93 Å². The van der Waals surface area contributed by atoms with Crippen molar-refractivity contribution >= 4 is 26.3 Å². The molecule has 3 nitrogen and oxygen atoms in total. The highest BCUT2D eigenvalue weighted by atomic mass is 33.1. The standard InChI is InChI=1S/C16H12NO2S2/c18-17(19)16-11-14(13-7-3-1-4-8-13)12-20-21(16)15-9-5-2-6-10-15/h1-12H/q+1. The predicted octanol–water partition coefficient (Wildman–Crippen LogP) is 4.48. The summed E-state index contributed by atoms with van der Waals surface area (Å²) in [7, 11) is 0.943. The zero-order chi connectivity index (χ0) is 14.7. The van der Waals surface area contributed by atoms with Gasteiger partial charge in [-0.2, -0.15) is 0 Å². The fourth-order valence-electron chi connectivity index (χ4n) is 1.99. The van der Waals surface area contributed by atoms with Gasteiger partial charge >= 0.3 is 5.03 Å². The maximum Gasteiger partial charge on any atom is 0.461 e. The molecule has 2 aromatic rings. The van der Waals surface area contributed by atoms with Crippen LogP contribution in [0.1, 0.15) is 5.56 Å². The summed E-state index contributed by atoms with van der Waals surface area (Å²) in [6.07, 6.45) is 1.70. The van der Waals surface area contributed by atoms with Gasteiger partial charge in [0.05, 0.1) is 6.08 Å². The van der Waals surface area contributed by atoms with Crippen molar-refractivity contribution in [3.05, 3.63) is 92.9 Å². The van der Waals surface area contributed by atoms with E-state index in [0.717, 1.165) is 16.0 Å². The Morgan fingerprint density at radius 1 is 0.952 bits per heavy atom. The number of benzene rings is 2. The molecule has 0 aromatic heterocycles. The van der Waals surface area contributed by atoms with E-state index >= 15 is 0 Å². The molecule has 0 amide bonds. The van der Waals surface area contributed by atoms with E-state index in [1.807, 2.05) is 66.1 Å². The Kier molecular flexibility index (Phi) is 4.13. The minimum atomic E-state index is -0.568. The van der Waals surface area contributed by atoms with Crippen molar-refractivity contribution in [1.29, 1.82) is 0 Å². The third-order valence-electron chi connectivity index (χ3n) is 2.98. The molecule has 1 unspecified atom stereocenters. The van der Waals surface area contributed by atoms with E-state index in [4.69, 9.17) is 0 Å². The summed E-state index contributed by atoms with van der Waals surface area (Å²) < 4.78 is 0. The highest BCUT2D eigenvalue weighted by Gasteiger charge is 2.42. The normalized spacial score (nSPS) is 17.8.